The van der Waals surface area contributed by atoms with Crippen molar-refractivity contribution in [2.45, 2.75) is 31.7 Å². The SMILES string of the molecule is COc1ccc(C2=NN(C(=O)CCCC(=O)O)[C@H](c3ccc(F)cc3)C2)cc1OC. The van der Waals surface area contributed by atoms with E-state index in [0.29, 0.717) is 23.6 Å². The number of hydrogen-bond acceptors (Lipinski definition) is 5. The van der Waals surface area contributed by atoms with E-state index in [2.05, 4.69) is 5.10 Å². The second-order valence-electron chi connectivity index (χ2n) is 6.87. The lowest BCUT2D eigenvalue weighted by atomic mass is 9.98. The van der Waals surface area contributed by atoms with E-state index in [1.54, 1.807) is 31.4 Å². The Bertz CT molecular complexity index is 959. The fourth-order valence-corrected chi connectivity index (χ4v) is 3.38. The number of amides is 1. The molecule has 30 heavy (non-hydrogen) atoms. The highest BCUT2D eigenvalue weighted by Crippen LogP contribution is 2.35. The van der Waals surface area contributed by atoms with E-state index in [-0.39, 0.29) is 31.0 Å². The third kappa shape index (κ3) is 4.76. The molecule has 0 unspecified atom stereocenters. The molecule has 1 aliphatic heterocycles. The highest BCUT2D eigenvalue weighted by atomic mass is 19.1. The monoisotopic (exact) mass is 414 g/mol. The van der Waals surface area contributed by atoms with Gasteiger partial charge in [0, 0.05) is 24.8 Å². The van der Waals surface area contributed by atoms with Crippen LogP contribution in [0.3, 0.4) is 0 Å². The molecule has 8 heteroatoms. The molecule has 0 saturated heterocycles. The Morgan fingerprint density at radius 1 is 1.10 bits per heavy atom. The molecule has 2 aromatic carbocycles. The van der Waals surface area contributed by atoms with Gasteiger partial charge in [-0.05, 0) is 42.3 Å². The average Bonchev–Trinajstić information content (AvgIpc) is 3.19. The third-order valence-electron chi connectivity index (χ3n) is 4.92. The number of aliphatic carboxylic acids is 1. The van der Waals surface area contributed by atoms with Crippen molar-refractivity contribution in [1.29, 1.82) is 0 Å². The van der Waals surface area contributed by atoms with Crippen LogP contribution in [-0.4, -0.2) is 41.9 Å². The molecule has 0 aromatic heterocycles. The van der Waals surface area contributed by atoms with E-state index < -0.39 is 12.0 Å². The van der Waals surface area contributed by atoms with E-state index in [0.717, 1.165) is 11.1 Å². The van der Waals surface area contributed by atoms with Crippen LogP contribution < -0.4 is 9.47 Å². The summed E-state index contributed by atoms with van der Waals surface area (Å²) in [5.74, 6) is -0.467. The Morgan fingerprint density at radius 2 is 1.80 bits per heavy atom. The molecule has 0 spiro atoms. The lowest BCUT2D eigenvalue weighted by Crippen LogP contribution is -2.27. The van der Waals surface area contributed by atoms with E-state index in [1.807, 2.05) is 6.07 Å². The standard InChI is InChI=1S/C22H23FN2O5/c1-29-19-11-8-15(12-20(19)30-2)17-13-18(14-6-9-16(23)10-7-14)25(24-17)21(26)4-3-5-22(27)28/h6-12,18H,3-5,13H2,1-2H3,(H,27,28)/t18-/m0/s1. The first-order chi connectivity index (χ1) is 14.4. The number of nitrogens with zero attached hydrogens (tertiary/aromatic N) is 2. The molecule has 2 aromatic rings. The van der Waals surface area contributed by atoms with Crippen LogP contribution in [-0.2, 0) is 9.59 Å². The molecule has 7 nitrogen and oxygen atoms in total. The van der Waals surface area contributed by atoms with Gasteiger partial charge in [0.25, 0.3) is 0 Å². The molecule has 1 N–H and O–H groups in total. The van der Waals surface area contributed by atoms with Crippen LogP contribution in [0.4, 0.5) is 4.39 Å². The number of halogens is 1. The molecule has 3 rings (SSSR count). The molecular formula is C22H23FN2O5. The van der Waals surface area contributed by atoms with Crippen LogP contribution in [0.15, 0.2) is 47.6 Å². The van der Waals surface area contributed by atoms with E-state index in [1.165, 1.54) is 24.3 Å². The van der Waals surface area contributed by atoms with Crippen molar-refractivity contribution in [3.8, 4) is 11.5 Å². The van der Waals surface area contributed by atoms with Gasteiger partial charge in [-0.1, -0.05) is 12.1 Å². The van der Waals surface area contributed by atoms with Crippen molar-refractivity contribution in [1.82, 2.24) is 5.01 Å². The zero-order chi connectivity index (χ0) is 21.7. The molecule has 0 fully saturated rings. The van der Waals surface area contributed by atoms with Crippen molar-refractivity contribution in [2.75, 3.05) is 14.2 Å². The maximum atomic E-state index is 13.4. The Hall–Kier alpha value is -3.42. The quantitative estimate of drug-likeness (QED) is 0.710. The number of hydrogen-bond donors (Lipinski definition) is 1. The van der Waals surface area contributed by atoms with Crippen molar-refractivity contribution < 1.29 is 28.6 Å². The van der Waals surface area contributed by atoms with Crippen molar-refractivity contribution in [3.63, 3.8) is 0 Å². The summed E-state index contributed by atoms with van der Waals surface area (Å²) in [4.78, 5) is 23.5. The van der Waals surface area contributed by atoms with Gasteiger partial charge in [0.15, 0.2) is 11.5 Å². The van der Waals surface area contributed by atoms with Gasteiger partial charge in [0.05, 0.1) is 26.0 Å². The van der Waals surface area contributed by atoms with E-state index in [4.69, 9.17) is 14.6 Å². The molecule has 0 bridgehead atoms. The summed E-state index contributed by atoms with van der Waals surface area (Å²) in [6, 6.07) is 10.9. The molecule has 1 aliphatic rings. The van der Waals surface area contributed by atoms with Crippen LogP contribution in [0.25, 0.3) is 0 Å². The van der Waals surface area contributed by atoms with Gasteiger partial charge in [-0.2, -0.15) is 5.10 Å². The predicted molar refractivity (Wildman–Crippen MR) is 108 cm³/mol. The van der Waals surface area contributed by atoms with Gasteiger partial charge in [-0.15, -0.1) is 0 Å². The third-order valence-corrected chi connectivity index (χ3v) is 4.92. The number of carbonyl (C=O) groups excluding carboxylic acids is 1. The number of carbonyl (C=O) groups is 2. The summed E-state index contributed by atoms with van der Waals surface area (Å²) in [7, 11) is 3.09. The number of carboxylic acid groups (broad SMARTS) is 1. The first-order valence-electron chi connectivity index (χ1n) is 9.52. The van der Waals surface area contributed by atoms with Crippen LogP contribution >= 0.6 is 0 Å². The highest BCUT2D eigenvalue weighted by molar-refractivity contribution is 6.03. The second kappa shape index (κ2) is 9.39. The summed E-state index contributed by atoms with van der Waals surface area (Å²) in [6.45, 7) is 0. The molecule has 0 aliphatic carbocycles. The fraction of sp³-hybridized carbons (Fsp3) is 0.318. The Labute approximate surface area is 173 Å². The minimum absolute atomic E-state index is 0.0622. The topological polar surface area (TPSA) is 88.4 Å². The van der Waals surface area contributed by atoms with Crippen LogP contribution in [0.1, 0.15) is 42.9 Å². The zero-order valence-electron chi connectivity index (χ0n) is 16.8. The molecule has 1 heterocycles. The average molecular weight is 414 g/mol. The van der Waals surface area contributed by atoms with Crippen molar-refractivity contribution >= 4 is 17.6 Å². The van der Waals surface area contributed by atoms with Gasteiger partial charge >= 0.3 is 5.97 Å². The van der Waals surface area contributed by atoms with E-state index in [9.17, 15) is 14.0 Å². The van der Waals surface area contributed by atoms with Crippen LogP contribution in [0, 0.1) is 5.82 Å². The van der Waals surface area contributed by atoms with E-state index >= 15 is 0 Å². The predicted octanol–water partition coefficient (Wildman–Crippen LogP) is 3.78. The lowest BCUT2D eigenvalue weighted by molar-refractivity contribution is -0.137. The smallest absolute Gasteiger partial charge is 0.303 e. The van der Waals surface area contributed by atoms with Crippen LogP contribution in [0.2, 0.25) is 0 Å². The number of carboxylic acids is 1. The second-order valence-corrected chi connectivity index (χ2v) is 6.87. The zero-order valence-corrected chi connectivity index (χ0v) is 16.8. The van der Waals surface area contributed by atoms with Crippen LogP contribution in [0.5, 0.6) is 11.5 Å². The van der Waals surface area contributed by atoms with Gasteiger partial charge in [-0.3, -0.25) is 9.59 Å². The van der Waals surface area contributed by atoms with Gasteiger partial charge in [-0.25, -0.2) is 9.40 Å². The summed E-state index contributed by atoms with van der Waals surface area (Å²) >= 11 is 0. The lowest BCUT2D eigenvalue weighted by Gasteiger charge is -2.22. The Morgan fingerprint density at radius 3 is 2.43 bits per heavy atom. The Kier molecular flexibility index (Phi) is 6.66. The number of rotatable bonds is 8. The maximum absolute atomic E-state index is 13.4. The maximum Gasteiger partial charge on any atom is 0.303 e. The highest BCUT2D eigenvalue weighted by Gasteiger charge is 2.33. The summed E-state index contributed by atoms with van der Waals surface area (Å²) in [6.07, 6.45) is 0.632. The number of methoxy groups -OCH3 is 2. The first-order valence-corrected chi connectivity index (χ1v) is 9.52. The van der Waals surface area contributed by atoms with Crippen molar-refractivity contribution in [3.05, 3.63) is 59.4 Å². The molecule has 0 saturated carbocycles. The minimum atomic E-state index is -0.950. The molecule has 1 atom stereocenters. The molecular weight excluding hydrogens is 391 g/mol. The normalized spacial score (nSPS) is 15.6. The van der Waals surface area contributed by atoms with Gasteiger partial charge in [0.1, 0.15) is 5.82 Å². The summed E-state index contributed by atoms with van der Waals surface area (Å²) in [5, 5.41) is 14.7. The fourth-order valence-electron chi connectivity index (χ4n) is 3.38. The van der Waals surface area contributed by atoms with Gasteiger partial charge in [0.2, 0.25) is 5.91 Å². The molecule has 158 valence electrons. The van der Waals surface area contributed by atoms with Gasteiger partial charge < -0.3 is 14.6 Å². The summed E-state index contributed by atoms with van der Waals surface area (Å²) < 4.78 is 24.0. The minimum Gasteiger partial charge on any atom is -0.493 e. The first kappa shape index (κ1) is 21.3. The number of benzene rings is 2. The molecule has 0 radical (unpaired) electrons. The Balaban J connectivity index is 1.90. The summed E-state index contributed by atoms with van der Waals surface area (Å²) in [5.41, 5.74) is 2.21. The number of hydrazone groups is 1. The number of ether oxygens (including phenoxy) is 2. The van der Waals surface area contributed by atoms with Crippen molar-refractivity contribution in [2.24, 2.45) is 5.10 Å². The largest absolute Gasteiger partial charge is 0.493 e. The molecule has 1 amide bonds.